The number of alkyl halides is 12. The van der Waals surface area contributed by atoms with Gasteiger partial charge >= 0.3 is 24.7 Å². The highest BCUT2D eigenvalue weighted by Crippen LogP contribution is 2.61. The standard InChI is InChI=1S/C24H14F12N4/c25-21(26,27)19(22(28,29)30)15-16-20(23(31,32)33,24(34,35)36)38-18(14-9-5-2-6-10-14)40(16)12-11-39(15)17(37-19)13-7-3-1-4-8-13/h1-12,15-16H. The molecule has 0 fully saturated rings. The molecule has 3 aliphatic rings. The van der Waals surface area contributed by atoms with E-state index in [9.17, 15) is 52.7 Å². The van der Waals surface area contributed by atoms with E-state index in [1.807, 2.05) is 0 Å². The van der Waals surface area contributed by atoms with Crippen LogP contribution in [0.25, 0.3) is 0 Å². The highest BCUT2D eigenvalue weighted by Gasteiger charge is 2.87. The van der Waals surface area contributed by atoms with Gasteiger partial charge in [0.2, 0.25) is 0 Å². The number of halogens is 12. The monoisotopic (exact) mass is 586 g/mol. The summed E-state index contributed by atoms with van der Waals surface area (Å²) in [6.45, 7) is 0. The van der Waals surface area contributed by atoms with Gasteiger partial charge < -0.3 is 9.80 Å². The van der Waals surface area contributed by atoms with Gasteiger partial charge in [0, 0.05) is 23.5 Å². The Morgan fingerprint density at radius 3 is 1.00 bits per heavy atom. The van der Waals surface area contributed by atoms with Crippen LogP contribution in [0.15, 0.2) is 83.0 Å². The number of rotatable bonds is 2. The Kier molecular flexibility index (Phi) is 5.84. The molecule has 3 aliphatic heterocycles. The van der Waals surface area contributed by atoms with E-state index in [1.165, 1.54) is 36.4 Å². The third-order valence-corrected chi connectivity index (χ3v) is 6.99. The summed E-state index contributed by atoms with van der Waals surface area (Å²) in [5.74, 6) is -2.22. The fourth-order valence-electron chi connectivity index (χ4n) is 5.33. The number of nitrogens with zero attached hydrogens (tertiary/aromatic N) is 4. The molecule has 40 heavy (non-hydrogen) atoms. The third kappa shape index (κ3) is 3.56. The van der Waals surface area contributed by atoms with Gasteiger partial charge in [-0.1, -0.05) is 60.7 Å². The zero-order valence-corrected chi connectivity index (χ0v) is 19.4. The summed E-state index contributed by atoms with van der Waals surface area (Å²) >= 11 is 0. The van der Waals surface area contributed by atoms with E-state index >= 15 is 0 Å². The number of fused-ring (bicyclic) bond motifs is 3. The summed E-state index contributed by atoms with van der Waals surface area (Å²) in [6, 6.07) is 4.38. The maximum Gasteiger partial charge on any atom is 0.424 e. The number of hydrogen-bond acceptors (Lipinski definition) is 4. The van der Waals surface area contributed by atoms with Gasteiger partial charge in [0.05, 0.1) is 0 Å². The Hall–Kier alpha value is -3.72. The van der Waals surface area contributed by atoms with Crippen molar-refractivity contribution < 1.29 is 52.7 Å². The van der Waals surface area contributed by atoms with Crippen molar-refractivity contribution in [2.45, 2.75) is 47.9 Å². The molecule has 2 unspecified atom stereocenters. The number of hydrogen-bond donors (Lipinski definition) is 0. The van der Waals surface area contributed by atoms with Crippen molar-refractivity contribution in [1.82, 2.24) is 9.80 Å². The number of aliphatic imine (C=N–C) groups is 2. The van der Waals surface area contributed by atoms with Gasteiger partial charge in [-0.15, -0.1) is 0 Å². The molecule has 0 aromatic heterocycles. The molecule has 2 atom stereocenters. The van der Waals surface area contributed by atoms with Crippen LogP contribution in [0.4, 0.5) is 52.7 Å². The van der Waals surface area contributed by atoms with Crippen LogP contribution < -0.4 is 0 Å². The Bertz CT molecular complexity index is 1240. The molecule has 4 nitrogen and oxygen atoms in total. The first-order chi connectivity index (χ1) is 18.4. The maximum atomic E-state index is 14.6. The first kappa shape index (κ1) is 27.8. The summed E-state index contributed by atoms with van der Waals surface area (Å²) in [6.07, 6.45) is -24.8. The molecule has 0 bridgehead atoms. The molecule has 2 aromatic rings. The minimum Gasteiger partial charge on any atom is -0.323 e. The Morgan fingerprint density at radius 2 is 0.750 bits per heavy atom. The van der Waals surface area contributed by atoms with Crippen molar-refractivity contribution >= 4 is 11.7 Å². The molecule has 0 spiro atoms. The van der Waals surface area contributed by atoms with Crippen LogP contribution in [0, 0.1) is 0 Å². The van der Waals surface area contributed by atoms with Crippen molar-refractivity contribution in [3.05, 3.63) is 84.2 Å². The third-order valence-electron chi connectivity index (χ3n) is 6.99. The van der Waals surface area contributed by atoms with Crippen molar-refractivity contribution in [3.63, 3.8) is 0 Å². The van der Waals surface area contributed by atoms with Gasteiger partial charge in [0.15, 0.2) is 0 Å². The van der Waals surface area contributed by atoms with E-state index < -0.39 is 70.7 Å². The van der Waals surface area contributed by atoms with Gasteiger partial charge in [0.1, 0.15) is 23.8 Å². The van der Waals surface area contributed by atoms with E-state index in [0.717, 1.165) is 24.3 Å². The van der Waals surface area contributed by atoms with Crippen LogP contribution in [-0.4, -0.2) is 69.3 Å². The molecule has 0 saturated carbocycles. The molecular weight excluding hydrogens is 572 g/mol. The summed E-state index contributed by atoms with van der Waals surface area (Å²) in [7, 11) is 0. The number of benzene rings is 2. The van der Waals surface area contributed by atoms with Crippen LogP contribution in [-0.2, 0) is 0 Å². The molecule has 16 heteroatoms. The molecule has 0 amide bonds. The molecular formula is C24H14F12N4. The van der Waals surface area contributed by atoms with Crippen molar-refractivity contribution in [2.24, 2.45) is 9.98 Å². The van der Waals surface area contributed by atoms with Gasteiger partial charge in [-0.25, -0.2) is 9.98 Å². The predicted octanol–water partition coefficient (Wildman–Crippen LogP) is 6.46. The highest BCUT2D eigenvalue weighted by molar-refractivity contribution is 6.04. The topological polar surface area (TPSA) is 31.2 Å². The minimum atomic E-state index is -6.49. The first-order valence-electron chi connectivity index (χ1n) is 11.2. The second kappa shape index (κ2) is 8.39. The average molecular weight is 586 g/mol. The minimum absolute atomic E-state index is 0.0766. The highest BCUT2D eigenvalue weighted by atomic mass is 19.4. The quantitative estimate of drug-likeness (QED) is 0.379. The van der Waals surface area contributed by atoms with Crippen LogP contribution in [0.1, 0.15) is 11.1 Å². The Balaban J connectivity index is 1.88. The van der Waals surface area contributed by atoms with E-state index in [2.05, 4.69) is 9.98 Å². The zero-order valence-electron chi connectivity index (χ0n) is 19.4. The fourth-order valence-corrected chi connectivity index (χ4v) is 5.33. The molecule has 214 valence electrons. The smallest absolute Gasteiger partial charge is 0.323 e. The van der Waals surface area contributed by atoms with Crippen LogP contribution in [0.3, 0.4) is 0 Å². The lowest BCUT2D eigenvalue weighted by atomic mass is 9.74. The van der Waals surface area contributed by atoms with Gasteiger partial charge in [-0.2, -0.15) is 52.7 Å². The predicted molar refractivity (Wildman–Crippen MR) is 116 cm³/mol. The van der Waals surface area contributed by atoms with Gasteiger partial charge in [-0.3, -0.25) is 0 Å². The first-order valence-corrected chi connectivity index (χ1v) is 11.2. The summed E-state index contributed by atoms with van der Waals surface area (Å²) in [5.41, 5.74) is -11.6. The molecule has 3 heterocycles. The average Bonchev–Trinajstić information content (AvgIpc) is 3.40. The second-order valence-electron chi connectivity index (χ2n) is 9.13. The van der Waals surface area contributed by atoms with E-state index in [4.69, 9.17) is 0 Å². The van der Waals surface area contributed by atoms with E-state index in [-0.39, 0.29) is 9.80 Å². The fraction of sp³-hybridized carbons (Fsp3) is 0.333. The summed E-state index contributed by atoms with van der Waals surface area (Å²) in [5, 5.41) is 0. The Labute approximate surface area is 216 Å². The van der Waals surface area contributed by atoms with Gasteiger partial charge in [0.25, 0.3) is 11.1 Å². The largest absolute Gasteiger partial charge is 0.424 e. The lowest BCUT2D eigenvalue weighted by Gasteiger charge is -2.50. The molecule has 5 rings (SSSR count). The molecule has 0 radical (unpaired) electrons. The molecule has 0 saturated heterocycles. The van der Waals surface area contributed by atoms with E-state index in [0.29, 0.717) is 12.4 Å². The summed E-state index contributed by atoms with van der Waals surface area (Å²) < 4.78 is 175. The van der Waals surface area contributed by atoms with Crippen molar-refractivity contribution in [1.29, 1.82) is 0 Å². The van der Waals surface area contributed by atoms with Crippen molar-refractivity contribution in [3.8, 4) is 0 Å². The van der Waals surface area contributed by atoms with E-state index in [1.54, 1.807) is 0 Å². The molecule has 0 aliphatic carbocycles. The normalized spacial score (nSPS) is 24.0. The lowest BCUT2D eigenvalue weighted by Crippen LogP contribution is -2.77. The lowest BCUT2D eigenvalue weighted by molar-refractivity contribution is -0.331. The molecule has 2 aromatic carbocycles. The van der Waals surface area contributed by atoms with Crippen LogP contribution in [0.2, 0.25) is 0 Å². The number of amidine groups is 2. The SMILES string of the molecule is FC(F)(F)C1(C(F)(F)F)N=C(c2ccccc2)N2C=CN3C(c4ccccc4)=NC(C(F)(F)F)(C(F)(F)F)C3C21. The van der Waals surface area contributed by atoms with Gasteiger partial charge in [-0.05, 0) is 0 Å². The summed E-state index contributed by atoms with van der Waals surface area (Å²) in [4.78, 5) is 5.94. The molecule has 0 N–H and O–H groups in total. The second-order valence-corrected chi connectivity index (χ2v) is 9.13. The maximum absolute atomic E-state index is 14.6. The van der Waals surface area contributed by atoms with Crippen LogP contribution in [0.5, 0.6) is 0 Å². The zero-order chi connectivity index (χ0) is 29.5. The van der Waals surface area contributed by atoms with Crippen molar-refractivity contribution in [2.75, 3.05) is 0 Å². The Morgan fingerprint density at radius 1 is 0.475 bits per heavy atom. The van der Waals surface area contributed by atoms with Crippen LogP contribution >= 0.6 is 0 Å².